The minimum atomic E-state index is 0.0407. The molecule has 0 N–H and O–H groups in total. The molecule has 2 rings (SSSR count). The lowest BCUT2D eigenvalue weighted by molar-refractivity contribution is 0.0460. The van der Waals surface area contributed by atoms with Gasteiger partial charge in [-0.05, 0) is 40.9 Å². The Morgan fingerprint density at radius 2 is 2.44 bits per heavy atom. The van der Waals surface area contributed by atoms with Crippen LogP contribution >= 0.6 is 15.9 Å². The van der Waals surface area contributed by atoms with Gasteiger partial charge in [0.05, 0.1) is 11.7 Å². The highest BCUT2D eigenvalue weighted by Gasteiger charge is 2.22. The molecule has 1 saturated heterocycles. The van der Waals surface area contributed by atoms with Crippen molar-refractivity contribution in [2.75, 3.05) is 19.7 Å². The Hall–Kier alpha value is -0.940. The predicted molar refractivity (Wildman–Crippen MR) is 72.5 cm³/mol. The smallest absolute Gasteiger partial charge is 0.255 e. The van der Waals surface area contributed by atoms with E-state index in [1.807, 2.05) is 4.90 Å². The van der Waals surface area contributed by atoms with Gasteiger partial charge in [0.15, 0.2) is 0 Å². The summed E-state index contributed by atoms with van der Waals surface area (Å²) in [6.45, 7) is 4.25. The van der Waals surface area contributed by atoms with Gasteiger partial charge < -0.3 is 9.64 Å². The Kier molecular flexibility index (Phi) is 4.72. The number of halogens is 1. The molecule has 0 radical (unpaired) electrons. The fraction of sp³-hybridized carbons (Fsp3) is 0.538. The van der Waals surface area contributed by atoms with Crippen molar-refractivity contribution >= 4 is 21.8 Å². The van der Waals surface area contributed by atoms with Gasteiger partial charge in [-0.1, -0.05) is 6.92 Å². The largest absolute Gasteiger partial charge is 0.376 e. The Bertz CT molecular complexity index is 408. The summed E-state index contributed by atoms with van der Waals surface area (Å²) in [5.74, 6) is 0.0407. The van der Waals surface area contributed by atoms with Crippen molar-refractivity contribution < 1.29 is 9.53 Å². The van der Waals surface area contributed by atoms with Crippen molar-refractivity contribution in [2.24, 2.45) is 0 Å². The summed E-state index contributed by atoms with van der Waals surface area (Å²) in [4.78, 5) is 18.3. The highest BCUT2D eigenvalue weighted by atomic mass is 79.9. The maximum Gasteiger partial charge on any atom is 0.255 e. The number of rotatable bonds is 2. The average molecular weight is 313 g/mol. The Balaban J connectivity index is 2.09. The second-order valence-corrected chi connectivity index (χ2v) is 5.19. The second kappa shape index (κ2) is 6.29. The summed E-state index contributed by atoms with van der Waals surface area (Å²) in [7, 11) is 0. The van der Waals surface area contributed by atoms with E-state index in [1.54, 1.807) is 18.3 Å². The van der Waals surface area contributed by atoms with Crippen LogP contribution in [-0.2, 0) is 4.74 Å². The molecule has 0 saturated carbocycles. The van der Waals surface area contributed by atoms with Crippen LogP contribution in [-0.4, -0.2) is 41.6 Å². The van der Waals surface area contributed by atoms with Gasteiger partial charge in [0.1, 0.15) is 4.60 Å². The summed E-state index contributed by atoms with van der Waals surface area (Å²) in [5, 5.41) is 0. The zero-order valence-corrected chi connectivity index (χ0v) is 12.0. The molecule has 1 fully saturated rings. The van der Waals surface area contributed by atoms with E-state index >= 15 is 0 Å². The van der Waals surface area contributed by atoms with Crippen LogP contribution in [0.15, 0.2) is 22.9 Å². The molecular formula is C13H17BrN2O2. The third-order valence-corrected chi connectivity index (χ3v) is 3.54. The van der Waals surface area contributed by atoms with Gasteiger partial charge in [-0.3, -0.25) is 4.79 Å². The lowest BCUT2D eigenvalue weighted by atomic mass is 10.2. The molecule has 2 heterocycles. The van der Waals surface area contributed by atoms with Crippen molar-refractivity contribution in [1.82, 2.24) is 9.88 Å². The summed E-state index contributed by atoms with van der Waals surface area (Å²) < 4.78 is 6.41. The highest BCUT2D eigenvalue weighted by Crippen LogP contribution is 2.13. The van der Waals surface area contributed by atoms with Crippen molar-refractivity contribution in [3.05, 3.63) is 28.5 Å². The van der Waals surface area contributed by atoms with Crippen LogP contribution in [0.3, 0.4) is 0 Å². The molecule has 1 unspecified atom stereocenters. The van der Waals surface area contributed by atoms with E-state index in [1.165, 1.54) is 0 Å². The summed E-state index contributed by atoms with van der Waals surface area (Å²) in [6.07, 6.45) is 3.59. The number of hydrogen-bond acceptors (Lipinski definition) is 3. The normalized spacial score (nSPS) is 20.6. The van der Waals surface area contributed by atoms with E-state index in [2.05, 4.69) is 27.8 Å². The number of pyridine rings is 1. The van der Waals surface area contributed by atoms with Crippen molar-refractivity contribution in [2.45, 2.75) is 25.9 Å². The average Bonchev–Trinajstić information content (AvgIpc) is 2.64. The molecular weight excluding hydrogens is 296 g/mol. The number of hydrogen-bond donors (Lipinski definition) is 0. The SMILES string of the molecule is CCC1CN(C(=O)c2ccc(Br)nc2)CCCO1. The van der Waals surface area contributed by atoms with Crippen LogP contribution < -0.4 is 0 Å². The molecule has 1 atom stereocenters. The van der Waals surface area contributed by atoms with E-state index in [9.17, 15) is 4.79 Å². The molecule has 4 nitrogen and oxygen atoms in total. The molecule has 0 aromatic carbocycles. The number of ether oxygens (including phenoxy) is 1. The van der Waals surface area contributed by atoms with Crippen LogP contribution in [0.4, 0.5) is 0 Å². The maximum absolute atomic E-state index is 12.3. The summed E-state index contributed by atoms with van der Waals surface area (Å²) in [6, 6.07) is 3.59. The van der Waals surface area contributed by atoms with Gasteiger partial charge >= 0.3 is 0 Å². The van der Waals surface area contributed by atoms with E-state index in [-0.39, 0.29) is 12.0 Å². The fourth-order valence-electron chi connectivity index (χ4n) is 2.01. The molecule has 0 bridgehead atoms. The molecule has 1 amide bonds. The number of carbonyl (C=O) groups excluding carboxylic acids is 1. The lowest BCUT2D eigenvalue weighted by Gasteiger charge is -2.23. The Labute approximate surface area is 115 Å². The standard InChI is InChI=1S/C13H17BrN2O2/c1-2-11-9-16(6-3-7-18-11)13(17)10-4-5-12(14)15-8-10/h4-5,8,11H,2-3,6-7,9H2,1H3. The zero-order chi connectivity index (χ0) is 13.0. The predicted octanol–water partition coefficient (Wildman–Crippen LogP) is 2.49. The van der Waals surface area contributed by atoms with Crippen molar-refractivity contribution in [3.63, 3.8) is 0 Å². The minimum absolute atomic E-state index is 0.0407. The summed E-state index contributed by atoms with van der Waals surface area (Å²) in [5.41, 5.74) is 0.634. The van der Waals surface area contributed by atoms with Gasteiger partial charge in [0, 0.05) is 25.9 Å². The molecule has 18 heavy (non-hydrogen) atoms. The van der Waals surface area contributed by atoms with Gasteiger partial charge in [-0.2, -0.15) is 0 Å². The number of aromatic nitrogens is 1. The van der Waals surface area contributed by atoms with Gasteiger partial charge in [-0.25, -0.2) is 4.98 Å². The first-order valence-corrected chi connectivity index (χ1v) is 7.02. The van der Waals surface area contributed by atoms with Gasteiger partial charge in [0.2, 0.25) is 0 Å². The van der Waals surface area contributed by atoms with Crippen LogP contribution in [0.2, 0.25) is 0 Å². The van der Waals surface area contributed by atoms with Crippen LogP contribution in [0.1, 0.15) is 30.1 Å². The Morgan fingerprint density at radius 1 is 1.61 bits per heavy atom. The molecule has 98 valence electrons. The van der Waals surface area contributed by atoms with Crippen LogP contribution in [0, 0.1) is 0 Å². The first-order chi connectivity index (χ1) is 8.70. The molecule has 1 aliphatic rings. The van der Waals surface area contributed by atoms with E-state index in [4.69, 9.17) is 4.74 Å². The highest BCUT2D eigenvalue weighted by molar-refractivity contribution is 9.10. The van der Waals surface area contributed by atoms with Crippen LogP contribution in [0.5, 0.6) is 0 Å². The molecule has 0 spiro atoms. The van der Waals surface area contributed by atoms with Gasteiger partial charge in [-0.15, -0.1) is 0 Å². The molecule has 1 aromatic heterocycles. The van der Waals surface area contributed by atoms with Crippen LogP contribution in [0.25, 0.3) is 0 Å². The van der Waals surface area contributed by atoms with Crippen molar-refractivity contribution in [3.8, 4) is 0 Å². The fourth-order valence-corrected chi connectivity index (χ4v) is 2.25. The Morgan fingerprint density at radius 3 is 3.11 bits per heavy atom. The molecule has 5 heteroatoms. The number of amides is 1. The summed E-state index contributed by atoms with van der Waals surface area (Å²) >= 11 is 3.27. The second-order valence-electron chi connectivity index (χ2n) is 4.38. The molecule has 1 aromatic rings. The monoisotopic (exact) mass is 312 g/mol. The molecule has 1 aliphatic heterocycles. The lowest BCUT2D eigenvalue weighted by Crippen LogP contribution is -2.36. The van der Waals surface area contributed by atoms with E-state index in [0.717, 1.165) is 30.6 Å². The third-order valence-electron chi connectivity index (χ3n) is 3.07. The topological polar surface area (TPSA) is 42.4 Å². The van der Waals surface area contributed by atoms with Gasteiger partial charge in [0.25, 0.3) is 5.91 Å². The number of carbonyl (C=O) groups is 1. The quantitative estimate of drug-likeness (QED) is 0.788. The molecule has 0 aliphatic carbocycles. The maximum atomic E-state index is 12.3. The zero-order valence-electron chi connectivity index (χ0n) is 10.4. The number of nitrogens with zero attached hydrogens (tertiary/aromatic N) is 2. The van der Waals surface area contributed by atoms with E-state index < -0.39 is 0 Å². The minimum Gasteiger partial charge on any atom is -0.376 e. The first kappa shape index (κ1) is 13.5. The third kappa shape index (κ3) is 3.29. The first-order valence-electron chi connectivity index (χ1n) is 6.23. The van der Waals surface area contributed by atoms with E-state index in [0.29, 0.717) is 12.1 Å². The van der Waals surface area contributed by atoms with Crippen molar-refractivity contribution in [1.29, 1.82) is 0 Å².